The number of nitrogens with zero attached hydrogens (tertiary/aromatic N) is 3. The van der Waals surface area contributed by atoms with Gasteiger partial charge in [0.25, 0.3) is 0 Å². The molecule has 2 unspecified atom stereocenters. The van der Waals surface area contributed by atoms with Crippen LogP contribution in [-0.2, 0) is 4.79 Å². The number of halogens is 3. The highest BCUT2D eigenvalue weighted by atomic mass is 35.5. The number of rotatable bonds is 4. The molecular weight excluding hydrogens is 395 g/mol. The molecule has 8 heteroatoms. The molecule has 0 bridgehead atoms. The topological polar surface area (TPSA) is 48.5 Å². The second-order valence-corrected chi connectivity index (χ2v) is 7.43. The quantitative estimate of drug-likeness (QED) is 0.807. The normalized spacial score (nSPS) is 21.4. The Balaban J connectivity index is 0.00000169. The number of anilines is 1. The van der Waals surface area contributed by atoms with Crippen LogP contribution in [0.15, 0.2) is 18.3 Å². The molecule has 1 N–H and O–H groups in total. The molecule has 1 aromatic rings. The maximum absolute atomic E-state index is 12.6. The van der Waals surface area contributed by atoms with Crippen molar-refractivity contribution in [3.8, 4) is 0 Å². The number of carbonyl (C=O) groups excluding carboxylic acids is 1. The van der Waals surface area contributed by atoms with E-state index in [2.05, 4.69) is 22.1 Å². The third-order valence-corrected chi connectivity index (χ3v) is 5.53. The fraction of sp³-hybridized carbons (Fsp3) is 0.667. The Hall–Kier alpha value is -0.750. The molecule has 0 radical (unpaired) electrons. The third kappa shape index (κ3) is 6.15. The summed E-state index contributed by atoms with van der Waals surface area (Å²) in [5, 5.41) is 4.10. The van der Waals surface area contributed by atoms with Gasteiger partial charge in [-0.25, -0.2) is 4.98 Å². The van der Waals surface area contributed by atoms with Crippen molar-refractivity contribution >= 4 is 48.1 Å². The highest BCUT2D eigenvalue weighted by molar-refractivity contribution is 6.30. The molecule has 26 heavy (non-hydrogen) atoms. The van der Waals surface area contributed by atoms with Crippen molar-refractivity contribution < 1.29 is 4.79 Å². The fourth-order valence-electron chi connectivity index (χ4n) is 3.68. The van der Waals surface area contributed by atoms with Gasteiger partial charge in [-0.2, -0.15) is 0 Å². The second kappa shape index (κ2) is 11.2. The lowest BCUT2D eigenvalue weighted by molar-refractivity contribution is -0.132. The Morgan fingerprint density at radius 3 is 2.62 bits per heavy atom. The maximum atomic E-state index is 12.6. The van der Waals surface area contributed by atoms with Gasteiger partial charge in [0.15, 0.2) is 0 Å². The van der Waals surface area contributed by atoms with E-state index in [0.29, 0.717) is 29.2 Å². The SMILES string of the molecule is CC(CC(=O)N1CCN(c2ccc(Cl)cn2)CC1)C1CCCNC1.Cl.Cl. The summed E-state index contributed by atoms with van der Waals surface area (Å²) >= 11 is 5.89. The van der Waals surface area contributed by atoms with E-state index in [9.17, 15) is 4.79 Å². The lowest BCUT2D eigenvalue weighted by atomic mass is 9.85. The van der Waals surface area contributed by atoms with Crippen molar-refractivity contribution in [2.24, 2.45) is 11.8 Å². The first-order chi connectivity index (χ1) is 11.6. The molecule has 3 rings (SSSR count). The number of nitrogens with one attached hydrogen (secondary N) is 1. The van der Waals surface area contributed by atoms with Crippen molar-refractivity contribution in [1.82, 2.24) is 15.2 Å². The second-order valence-electron chi connectivity index (χ2n) is 6.99. The lowest BCUT2D eigenvalue weighted by Gasteiger charge is -2.36. The van der Waals surface area contributed by atoms with Gasteiger partial charge in [0.05, 0.1) is 5.02 Å². The van der Waals surface area contributed by atoms with Gasteiger partial charge in [0.1, 0.15) is 5.82 Å². The number of aromatic nitrogens is 1. The molecule has 1 amide bonds. The standard InChI is InChI=1S/C18H27ClN4O.2ClH/c1-14(15-3-2-6-20-12-15)11-18(24)23-9-7-22(8-10-23)17-5-4-16(19)13-21-17;;/h4-5,13-15,20H,2-3,6-12H2,1H3;2*1H. The molecule has 2 atom stereocenters. The van der Waals surface area contributed by atoms with Gasteiger partial charge in [0.2, 0.25) is 5.91 Å². The average Bonchev–Trinajstić information content (AvgIpc) is 2.63. The summed E-state index contributed by atoms with van der Waals surface area (Å²) in [5.41, 5.74) is 0. The molecule has 2 saturated heterocycles. The zero-order valence-electron chi connectivity index (χ0n) is 15.2. The van der Waals surface area contributed by atoms with Crippen LogP contribution in [0, 0.1) is 11.8 Å². The molecule has 2 aliphatic heterocycles. The van der Waals surface area contributed by atoms with Gasteiger partial charge in [-0.1, -0.05) is 18.5 Å². The number of pyridine rings is 1. The summed E-state index contributed by atoms with van der Waals surface area (Å²) in [6.07, 6.45) is 4.83. The largest absolute Gasteiger partial charge is 0.353 e. The minimum absolute atomic E-state index is 0. The van der Waals surface area contributed by atoms with Crippen LogP contribution in [0.25, 0.3) is 0 Å². The van der Waals surface area contributed by atoms with Crippen LogP contribution in [0.4, 0.5) is 5.82 Å². The Labute approximate surface area is 173 Å². The molecule has 2 aliphatic rings. The number of hydrogen-bond acceptors (Lipinski definition) is 4. The van der Waals surface area contributed by atoms with Gasteiger partial charge < -0.3 is 15.1 Å². The van der Waals surface area contributed by atoms with E-state index in [1.807, 2.05) is 17.0 Å². The van der Waals surface area contributed by atoms with E-state index in [0.717, 1.165) is 45.1 Å². The first-order valence-electron chi connectivity index (χ1n) is 8.98. The van der Waals surface area contributed by atoms with E-state index >= 15 is 0 Å². The monoisotopic (exact) mass is 422 g/mol. The van der Waals surface area contributed by atoms with Gasteiger partial charge in [-0.3, -0.25) is 4.79 Å². The summed E-state index contributed by atoms with van der Waals surface area (Å²) in [7, 11) is 0. The lowest BCUT2D eigenvalue weighted by Crippen LogP contribution is -2.49. The van der Waals surface area contributed by atoms with Crippen LogP contribution < -0.4 is 10.2 Å². The molecule has 1 aromatic heterocycles. The molecule has 0 aliphatic carbocycles. The van der Waals surface area contributed by atoms with Crippen molar-refractivity contribution in [3.05, 3.63) is 23.4 Å². The van der Waals surface area contributed by atoms with Crippen LogP contribution in [0.3, 0.4) is 0 Å². The minimum atomic E-state index is 0. The number of piperidine rings is 1. The predicted molar refractivity (Wildman–Crippen MR) is 112 cm³/mol. The summed E-state index contributed by atoms with van der Waals surface area (Å²) in [6.45, 7) is 7.63. The number of piperazine rings is 1. The van der Waals surface area contributed by atoms with E-state index in [1.165, 1.54) is 12.8 Å². The average molecular weight is 424 g/mol. The molecule has 3 heterocycles. The minimum Gasteiger partial charge on any atom is -0.353 e. The molecule has 148 valence electrons. The molecular formula is C18H29Cl3N4O. The zero-order valence-corrected chi connectivity index (χ0v) is 17.6. The highest BCUT2D eigenvalue weighted by Crippen LogP contribution is 2.24. The molecule has 0 saturated carbocycles. The van der Waals surface area contributed by atoms with Crippen LogP contribution in [0.1, 0.15) is 26.2 Å². The van der Waals surface area contributed by atoms with Crippen molar-refractivity contribution in [2.75, 3.05) is 44.2 Å². The van der Waals surface area contributed by atoms with E-state index in [4.69, 9.17) is 11.6 Å². The predicted octanol–water partition coefficient (Wildman–Crippen LogP) is 3.25. The maximum Gasteiger partial charge on any atom is 0.222 e. The zero-order chi connectivity index (χ0) is 16.9. The number of amides is 1. The molecule has 2 fully saturated rings. The number of hydrogen-bond donors (Lipinski definition) is 1. The van der Waals surface area contributed by atoms with Crippen LogP contribution in [0.2, 0.25) is 5.02 Å². The van der Waals surface area contributed by atoms with E-state index < -0.39 is 0 Å². The first-order valence-corrected chi connectivity index (χ1v) is 9.36. The smallest absolute Gasteiger partial charge is 0.222 e. The number of carbonyl (C=O) groups is 1. The van der Waals surface area contributed by atoms with Gasteiger partial charge in [0, 0.05) is 38.8 Å². The summed E-state index contributed by atoms with van der Waals surface area (Å²) in [5.74, 6) is 2.34. The van der Waals surface area contributed by atoms with E-state index in [1.54, 1.807) is 6.20 Å². The molecule has 0 spiro atoms. The highest BCUT2D eigenvalue weighted by Gasteiger charge is 2.26. The Morgan fingerprint density at radius 2 is 2.04 bits per heavy atom. The van der Waals surface area contributed by atoms with Crippen molar-refractivity contribution in [2.45, 2.75) is 26.2 Å². The summed E-state index contributed by atoms with van der Waals surface area (Å²) < 4.78 is 0. The Bertz CT molecular complexity index is 544. The Morgan fingerprint density at radius 1 is 1.31 bits per heavy atom. The van der Waals surface area contributed by atoms with Crippen molar-refractivity contribution in [1.29, 1.82) is 0 Å². The summed E-state index contributed by atoms with van der Waals surface area (Å²) in [4.78, 5) is 21.2. The fourth-order valence-corrected chi connectivity index (χ4v) is 3.79. The summed E-state index contributed by atoms with van der Waals surface area (Å²) in [6, 6.07) is 3.80. The van der Waals surface area contributed by atoms with Gasteiger partial charge in [-0.05, 0) is 49.9 Å². The molecule has 5 nitrogen and oxygen atoms in total. The van der Waals surface area contributed by atoms with Crippen molar-refractivity contribution in [3.63, 3.8) is 0 Å². The Kier molecular flexibility index (Phi) is 10.0. The van der Waals surface area contributed by atoms with Crippen LogP contribution in [0.5, 0.6) is 0 Å². The first kappa shape index (κ1) is 23.3. The van der Waals surface area contributed by atoms with Gasteiger partial charge in [-0.15, -0.1) is 24.8 Å². The van der Waals surface area contributed by atoms with Crippen LogP contribution in [-0.4, -0.2) is 55.1 Å². The van der Waals surface area contributed by atoms with Crippen LogP contribution >= 0.6 is 36.4 Å². The third-order valence-electron chi connectivity index (χ3n) is 5.30. The van der Waals surface area contributed by atoms with Gasteiger partial charge >= 0.3 is 0 Å². The molecule has 0 aromatic carbocycles. The van der Waals surface area contributed by atoms with E-state index in [-0.39, 0.29) is 24.8 Å².